The molecule has 0 heterocycles. The van der Waals surface area contributed by atoms with E-state index in [2.05, 4.69) is 15.9 Å². The van der Waals surface area contributed by atoms with Gasteiger partial charge in [0.25, 0.3) is 0 Å². The third-order valence-electron chi connectivity index (χ3n) is 3.00. The number of nitrogens with two attached hydrogens (primary N) is 1. The largest absolute Gasteiger partial charge is 0.493 e. The Morgan fingerprint density at radius 2 is 1.85 bits per heavy atom. The zero-order chi connectivity index (χ0) is 14.4. The molecule has 106 valence electrons. The Bertz CT molecular complexity index is 558. The lowest BCUT2D eigenvalue weighted by Gasteiger charge is -2.15. The second kappa shape index (κ2) is 7.31. The van der Waals surface area contributed by atoms with E-state index < -0.39 is 0 Å². The summed E-state index contributed by atoms with van der Waals surface area (Å²) in [6.07, 6.45) is 0.798. The predicted octanol–water partition coefficient (Wildman–Crippen LogP) is 3.54. The summed E-state index contributed by atoms with van der Waals surface area (Å²) in [5, 5.41) is 0. The SMILES string of the molecule is COc1ccc(CCN)c(Br)c1OCc1ccccc1. The number of hydrogen-bond acceptors (Lipinski definition) is 3. The van der Waals surface area contributed by atoms with Crippen LogP contribution in [0.5, 0.6) is 11.5 Å². The van der Waals surface area contributed by atoms with Gasteiger partial charge in [-0.25, -0.2) is 0 Å². The fourth-order valence-corrected chi connectivity index (χ4v) is 2.59. The minimum Gasteiger partial charge on any atom is -0.493 e. The molecule has 2 N–H and O–H groups in total. The summed E-state index contributed by atoms with van der Waals surface area (Å²) in [6.45, 7) is 1.10. The second-order valence-corrected chi connectivity index (χ2v) is 5.18. The van der Waals surface area contributed by atoms with Crippen LogP contribution in [-0.4, -0.2) is 13.7 Å². The summed E-state index contributed by atoms with van der Waals surface area (Å²) in [6, 6.07) is 14.0. The summed E-state index contributed by atoms with van der Waals surface area (Å²) in [7, 11) is 1.64. The molecule has 0 saturated carbocycles. The first-order valence-corrected chi connectivity index (χ1v) is 7.27. The number of rotatable bonds is 6. The lowest BCUT2D eigenvalue weighted by molar-refractivity contribution is 0.282. The number of benzene rings is 2. The molecule has 0 spiro atoms. The molecule has 0 aliphatic rings. The fourth-order valence-electron chi connectivity index (χ4n) is 1.95. The molecule has 2 rings (SSSR count). The Morgan fingerprint density at radius 3 is 2.50 bits per heavy atom. The lowest BCUT2D eigenvalue weighted by atomic mass is 10.1. The van der Waals surface area contributed by atoms with Gasteiger partial charge in [0.05, 0.1) is 11.6 Å². The number of ether oxygens (including phenoxy) is 2. The molecule has 0 bridgehead atoms. The van der Waals surface area contributed by atoms with Crippen molar-refractivity contribution in [1.29, 1.82) is 0 Å². The van der Waals surface area contributed by atoms with Crippen LogP contribution in [0, 0.1) is 0 Å². The summed E-state index contributed by atoms with van der Waals surface area (Å²) >= 11 is 3.59. The van der Waals surface area contributed by atoms with Crippen molar-refractivity contribution in [2.24, 2.45) is 5.73 Å². The van der Waals surface area contributed by atoms with Crippen LogP contribution in [0.25, 0.3) is 0 Å². The Hall–Kier alpha value is -1.52. The minimum absolute atomic E-state index is 0.502. The third kappa shape index (κ3) is 3.52. The topological polar surface area (TPSA) is 44.5 Å². The zero-order valence-electron chi connectivity index (χ0n) is 11.4. The summed E-state index contributed by atoms with van der Waals surface area (Å²) < 4.78 is 12.2. The Balaban J connectivity index is 2.22. The van der Waals surface area contributed by atoms with Crippen molar-refractivity contribution in [1.82, 2.24) is 0 Å². The number of halogens is 1. The van der Waals surface area contributed by atoms with Gasteiger partial charge in [0.15, 0.2) is 11.5 Å². The van der Waals surface area contributed by atoms with Crippen LogP contribution < -0.4 is 15.2 Å². The van der Waals surface area contributed by atoms with Crippen molar-refractivity contribution in [3.63, 3.8) is 0 Å². The van der Waals surface area contributed by atoms with Crippen molar-refractivity contribution in [2.75, 3.05) is 13.7 Å². The average Bonchev–Trinajstić information content (AvgIpc) is 2.49. The van der Waals surface area contributed by atoms with Crippen molar-refractivity contribution >= 4 is 15.9 Å². The van der Waals surface area contributed by atoms with E-state index in [9.17, 15) is 0 Å². The molecule has 0 unspecified atom stereocenters. The van der Waals surface area contributed by atoms with Gasteiger partial charge in [0.1, 0.15) is 6.61 Å². The maximum absolute atomic E-state index is 5.92. The van der Waals surface area contributed by atoms with E-state index in [-0.39, 0.29) is 0 Å². The van der Waals surface area contributed by atoms with E-state index in [1.807, 2.05) is 42.5 Å². The van der Waals surface area contributed by atoms with Crippen LogP contribution >= 0.6 is 15.9 Å². The first-order chi connectivity index (χ1) is 9.76. The molecule has 0 radical (unpaired) electrons. The lowest BCUT2D eigenvalue weighted by Crippen LogP contribution is -2.05. The monoisotopic (exact) mass is 335 g/mol. The van der Waals surface area contributed by atoms with Crippen molar-refractivity contribution in [2.45, 2.75) is 13.0 Å². The highest BCUT2D eigenvalue weighted by Gasteiger charge is 2.13. The molecule has 0 saturated heterocycles. The van der Waals surface area contributed by atoms with Gasteiger partial charge in [0, 0.05) is 0 Å². The average molecular weight is 336 g/mol. The maximum atomic E-state index is 5.92. The van der Waals surface area contributed by atoms with Gasteiger partial charge in [-0.05, 0) is 46.1 Å². The van der Waals surface area contributed by atoms with E-state index >= 15 is 0 Å². The van der Waals surface area contributed by atoms with E-state index in [4.69, 9.17) is 15.2 Å². The molecule has 0 atom stereocenters. The first kappa shape index (κ1) is 14.9. The molecular formula is C16H18BrNO2. The van der Waals surface area contributed by atoms with Gasteiger partial charge in [-0.15, -0.1) is 0 Å². The molecule has 0 fully saturated rings. The Morgan fingerprint density at radius 1 is 1.10 bits per heavy atom. The van der Waals surface area contributed by atoms with Crippen LogP contribution in [0.1, 0.15) is 11.1 Å². The van der Waals surface area contributed by atoms with E-state index in [1.165, 1.54) is 0 Å². The van der Waals surface area contributed by atoms with Crippen molar-refractivity contribution in [3.05, 3.63) is 58.1 Å². The van der Waals surface area contributed by atoms with Gasteiger partial charge < -0.3 is 15.2 Å². The van der Waals surface area contributed by atoms with Gasteiger partial charge in [0.2, 0.25) is 0 Å². The van der Waals surface area contributed by atoms with Gasteiger partial charge in [-0.3, -0.25) is 0 Å². The molecule has 4 heteroatoms. The second-order valence-electron chi connectivity index (χ2n) is 4.38. The molecule has 3 nitrogen and oxygen atoms in total. The van der Waals surface area contributed by atoms with Crippen LogP contribution in [-0.2, 0) is 13.0 Å². The van der Waals surface area contributed by atoms with E-state index in [0.717, 1.165) is 27.8 Å². The molecule has 0 amide bonds. The molecule has 0 aromatic heterocycles. The number of methoxy groups -OCH3 is 1. The quantitative estimate of drug-likeness (QED) is 0.878. The Labute approximate surface area is 127 Å². The molecule has 2 aromatic rings. The molecule has 2 aromatic carbocycles. The Kier molecular flexibility index (Phi) is 5.44. The molecule has 20 heavy (non-hydrogen) atoms. The maximum Gasteiger partial charge on any atom is 0.176 e. The predicted molar refractivity (Wildman–Crippen MR) is 84.2 cm³/mol. The zero-order valence-corrected chi connectivity index (χ0v) is 13.0. The van der Waals surface area contributed by atoms with E-state index in [0.29, 0.717) is 18.9 Å². The molecule has 0 aliphatic heterocycles. The van der Waals surface area contributed by atoms with Crippen LogP contribution in [0.4, 0.5) is 0 Å². The normalized spacial score (nSPS) is 10.3. The standard InChI is InChI=1S/C16H18BrNO2/c1-19-14-8-7-13(9-10-18)15(17)16(14)20-11-12-5-3-2-4-6-12/h2-8H,9-11,18H2,1H3. The summed E-state index contributed by atoms with van der Waals surface area (Å²) in [4.78, 5) is 0. The van der Waals surface area contributed by atoms with Crippen LogP contribution in [0.2, 0.25) is 0 Å². The highest BCUT2D eigenvalue weighted by atomic mass is 79.9. The van der Waals surface area contributed by atoms with Crippen molar-refractivity contribution in [3.8, 4) is 11.5 Å². The van der Waals surface area contributed by atoms with Crippen LogP contribution in [0.15, 0.2) is 46.9 Å². The van der Waals surface area contributed by atoms with E-state index in [1.54, 1.807) is 7.11 Å². The van der Waals surface area contributed by atoms with Gasteiger partial charge in [-0.2, -0.15) is 0 Å². The molecular weight excluding hydrogens is 318 g/mol. The van der Waals surface area contributed by atoms with Gasteiger partial charge >= 0.3 is 0 Å². The smallest absolute Gasteiger partial charge is 0.176 e. The highest BCUT2D eigenvalue weighted by molar-refractivity contribution is 9.10. The summed E-state index contributed by atoms with van der Waals surface area (Å²) in [5.41, 5.74) is 7.86. The fraction of sp³-hybridized carbons (Fsp3) is 0.250. The first-order valence-electron chi connectivity index (χ1n) is 6.48. The minimum atomic E-state index is 0.502. The number of hydrogen-bond donors (Lipinski definition) is 1. The molecule has 0 aliphatic carbocycles. The highest BCUT2D eigenvalue weighted by Crippen LogP contribution is 2.38. The third-order valence-corrected chi connectivity index (χ3v) is 3.87. The van der Waals surface area contributed by atoms with Crippen molar-refractivity contribution < 1.29 is 9.47 Å². The van der Waals surface area contributed by atoms with Gasteiger partial charge in [-0.1, -0.05) is 36.4 Å². The van der Waals surface area contributed by atoms with Crippen LogP contribution in [0.3, 0.4) is 0 Å². The summed E-state index contributed by atoms with van der Waals surface area (Å²) in [5.74, 6) is 1.44.